The number of rotatable bonds is 1. The fourth-order valence-corrected chi connectivity index (χ4v) is 3.53. The molecule has 5 heteroatoms. The maximum Gasteiger partial charge on any atom is 0.355 e. The zero-order valence-corrected chi connectivity index (χ0v) is 10.2. The zero-order valence-electron chi connectivity index (χ0n) is 10.2. The molecular weight excluding hydrogens is 232 g/mol. The van der Waals surface area contributed by atoms with Crippen LogP contribution in [0.3, 0.4) is 0 Å². The van der Waals surface area contributed by atoms with Gasteiger partial charge >= 0.3 is 11.7 Å². The SMILES string of the molecule is O=C(O)c1nc(=O)[nH]c2c1CC1(CCCC1)CC2. The minimum absolute atomic E-state index is 0.0419. The van der Waals surface area contributed by atoms with Crippen molar-refractivity contribution in [2.24, 2.45) is 5.41 Å². The Bertz CT molecular complexity index is 556. The van der Waals surface area contributed by atoms with E-state index in [0.29, 0.717) is 0 Å². The number of carbonyl (C=O) groups is 1. The Kier molecular flexibility index (Phi) is 2.50. The molecule has 5 nitrogen and oxygen atoms in total. The summed E-state index contributed by atoms with van der Waals surface area (Å²) in [6.07, 6.45) is 7.39. The van der Waals surface area contributed by atoms with Crippen molar-refractivity contribution in [1.29, 1.82) is 0 Å². The van der Waals surface area contributed by atoms with Gasteiger partial charge in [-0.2, -0.15) is 4.98 Å². The lowest BCUT2D eigenvalue weighted by Gasteiger charge is -2.34. The summed E-state index contributed by atoms with van der Waals surface area (Å²) in [5.74, 6) is -1.09. The van der Waals surface area contributed by atoms with Crippen LogP contribution in [0.15, 0.2) is 4.79 Å². The smallest absolute Gasteiger partial charge is 0.355 e. The van der Waals surface area contributed by atoms with Gasteiger partial charge in [0.2, 0.25) is 0 Å². The maximum absolute atomic E-state index is 11.3. The summed E-state index contributed by atoms with van der Waals surface area (Å²) in [6.45, 7) is 0. The first-order valence-corrected chi connectivity index (χ1v) is 6.45. The number of aryl methyl sites for hydroxylation is 1. The van der Waals surface area contributed by atoms with Crippen LogP contribution in [0.2, 0.25) is 0 Å². The molecule has 1 saturated carbocycles. The van der Waals surface area contributed by atoms with Gasteiger partial charge in [-0.15, -0.1) is 0 Å². The summed E-state index contributed by atoms with van der Waals surface area (Å²) < 4.78 is 0. The van der Waals surface area contributed by atoms with E-state index in [0.717, 1.165) is 30.5 Å². The lowest BCUT2D eigenvalue weighted by molar-refractivity contribution is 0.0686. The van der Waals surface area contributed by atoms with E-state index in [-0.39, 0.29) is 11.1 Å². The quantitative estimate of drug-likeness (QED) is 0.789. The summed E-state index contributed by atoms with van der Waals surface area (Å²) in [7, 11) is 0. The molecule has 0 unspecified atom stereocenters. The van der Waals surface area contributed by atoms with Crippen molar-refractivity contribution in [2.45, 2.75) is 44.9 Å². The Hall–Kier alpha value is -1.65. The lowest BCUT2D eigenvalue weighted by atomic mass is 9.71. The molecule has 1 spiro atoms. The molecule has 2 aliphatic rings. The summed E-state index contributed by atoms with van der Waals surface area (Å²) in [4.78, 5) is 28.9. The van der Waals surface area contributed by atoms with Crippen LogP contribution in [-0.4, -0.2) is 21.0 Å². The molecular formula is C13H16N2O3. The van der Waals surface area contributed by atoms with Gasteiger partial charge < -0.3 is 10.1 Å². The van der Waals surface area contributed by atoms with Crippen LogP contribution < -0.4 is 5.69 Å². The molecule has 18 heavy (non-hydrogen) atoms. The van der Waals surface area contributed by atoms with Crippen molar-refractivity contribution in [3.05, 3.63) is 27.4 Å². The number of nitrogens with zero attached hydrogens (tertiary/aromatic N) is 1. The second-order valence-corrected chi connectivity index (χ2v) is 5.54. The topological polar surface area (TPSA) is 83.0 Å². The molecule has 0 radical (unpaired) electrons. The van der Waals surface area contributed by atoms with Crippen LogP contribution in [0, 0.1) is 5.41 Å². The summed E-state index contributed by atoms with van der Waals surface area (Å²) in [5.41, 5.74) is 1.21. The molecule has 3 rings (SSSR count). The predicted octanol–water partition coefficient (Wildman–Crippen LogP) is 1.52. The van der Waals surface area contributed by atoms with Crippen LogP contribution in [0.5, 0.6) is 0 Å². The number of fused-ring (bicyclic) bond motifs is 1. The third-order valence-electron chi connectivity index (χ3n) is 4.45. The zero-order chi connectivity index (χ0) is 12.8. The Morgan fingerprint density at radius 3 is 2.67 bits per heavy atom. The number of carboxylic acid groups (broad SMARTS) is 1. The van der Waals surface area contributed by atoms with Crippen LogP contribution in [0.25, 0.3) is 0 Å². The van der Waals surface area contributed by atoms with Gasteiger partial charge in [0.25, 0.3) is 0 Å². The van der Waals surface area contributed by atoms with Crippen LogP contribution in [0.1, 0.15) is 53.8 Å². The van der Waals surface area contributed by atoms with E-state index in [1.807, 2.05) is 0 Å². The molecule has 2 aliphatic carbocycles. The highest BCUT2D eigenvalue weighted by Crippen LogP contribution is 2.47. The van der Waals surface area contributed by atoms with E-state index in [1.165, 1.54) is 25.7 Å². The average molecular weight is 248 g/mol. The van der Waals surface area contributed by atoms with Gasteiger partial charge in [-0.1, -0.05) is 12.8 Å². The molecule has 0 aliphatic heterocycles. The van der Waals surface area contributed by atoms with Crippen LogP contribution in [-0.2, 0) is 12.8 Å². The summed E-state index contributed by atoms with van der Waals surface area (Å²) in [6, 6.07) is 0. The first kappa shape index (κ1) is 11.4. The second kappa shape index (κ2) is 3.93. The molecule has 1 aromatic rings. The van der Waals surface area contributed by atoms with Crippen molar-refractivity contribution in [3.63, 3.8) is 0 Å². The minimum Gasteiger partial charge on any atom is -0.476 e. The molecule has 0 saturated heterocycles. The highest BCUT2D eigenvalue weighted by molar-refractivity contribution is 5.87. The van der Waals surface area contributed by atoms with Crippen molar-refractivity contribution in [3.8, 4) is 0 Å². The van der Waals surface area contributed by atoms with Crippen molar-refractivity contribution >= 4 is 5.97 Å². The van der Waals surface area contributed by atoms with Crippen LogP contribution >= 0.6 is 0 Å². The molecule has 1 fully saturated rings. The molecule has 0 bridgehead atoms. The average Bonchev–Trinajstić information content (AvgIpc) is 2.77. The minimum atomic E-state index is -1.09. The maximum atomic E-state index is 11.3. The Morgan fingerprint density at radius 2 is 2.00 bits per heavy atom. The van der Waals surface area contributed by atoms with Crippen molar-refractivity contribution in [2.75, 3.05) is 0 Å². The first-order valence-electron chi connectivity index (χ1n) is 6.45. The fourth-order valence-electron chi connectivity index (χ4n) is 3.53. The third-order valence-corrected chi connectivity index (χ3v) is 4.45. The molecule has 0 atom stereocenters. The van der Waals surface area contributed by atoms with E-state index in [9.17, 15) is 14.7 Å². The van der Waals surface area contributed by atoms with Gasteiger partial charge in [0.05, 0.1) is 0 Å². The Labute approximate surface area is 104 Å². The predicted molar refractivity (Wildman–Crippen MR) is 64.7 cm³/mol. The van der Waals surface area contributed by atoms with E-state index in [2.05, 4.69) is 9.97 Å². The van der Waals surface area contributed by atoms with Gasteiger partial charge in [0.15, 0.2) is 5.69 Å². The van der Waals surface area contributed by atoms with Crippen LogP contribution in [0.4, 0.5) is 0 Å². The number of aromatic carboxylic acids is 1. The fraction of sp³-hybridized carbons (Fsp3) is 0.615. The van der Waals surface area contributed by atoms with Crippen molar-refractivity contribution in [1.82, 2.24) is 9.97 Å². The number of nitrogens with one attached hydrogen (secondary N) is 1. The molecule has 0 aromatic carbocycles. The molecule has 96 valence electrons. The molecule has 0 amide bonds. The van der Waals surface area contributed by atoms with E-state index < -0.39 is 11.7 Å². The van der Waals surface area contributed by atoms with Crippen molar-refractivity contribution < 1.29 is 9.90 Å². The van der Waals surface area contributed by atoms with E-state index in [4.69, 9.17) is 0 Å². The summed E-state index contributed by atoms with van der Waals surface area (Å²) in [5, 5.41) is 9.18. The van der Waals surface area contributed by atoms with Gasteiger partial charge in [-0.25, -0.2) is 9.59 Å². The number of hydrogen-bond donors (Lipinski definition) is 2. The second-order valence-electron chi connectivity index (χ2n) is 5.54. The number of aromatic amines is 1. The number of carboxylic acids is 1. The normalized spacial score (nSPS) is 20.9. The molecule has 1 aromatic heterocycles. The third kappa shape index (κ3) is 1.74. The number of H-pyrrole nitrogens is 1. The van der Waals surface area contributed by atoms with E-state index in [1.54, 1.807) is 0 Å². The Morgan fingerprint density at radius 1 is 1.28 bits per heavy atom. The lowest BCUT2D eigenvalue weighted by Crippen LogP contribution is -2.32. The van der Waals surface area contributed by atoms with E-state index >= 15 is 0 Å². The summed E-state index contributed by atoms with van der Waals surface area (Å²) >= 11 is 0. The Balaban J connectivity index is 2.08. The standard InChI is InChI=1S/C13H16N2O3/c16-11(17)10-8-7-13(4-1-2-5-13)6-3-9(8)14-12(18)15-10/h1-7H2,(H,16,17)(H,14,15,18). The number of hydrogen-bond acceptors (Lipinski definition) is 3. The first-order chi connectivity index (χ1) is 8.60. The monoisotopic (exact) mass is 248 g/mol. The highest BCUT2D eigenvalue weighted by Gasteiger charge is 2.39. The largest absolute Gasteiger partial charge is 0.476 e. The number of aromatic nitrogens is 2. The van der Waals surface area contributed by atoms with Gasteiger partial charge in [-0.05, 0) is 37.5 Å². The molecule has 1 heterocycles. The molecule has 2 N–H and O–H groups in total. The highest BCUT2D eigenvalue weighted by atomic mass is 16.4. The van der Waals surface area contributed by atoms with Gasteiger partial charge in [0, 0.05) is 11.3 Å². The van der Waals surface area contributed by atoms with Gasteiger partial charge in [0.1, 0.15) is 0 Å². The van der Waals surface area contributed by atoms with Gasteiger partial charge in [-0.3, -0.25) is 0 Å².